The van der Waals surface area contributed by atoms with E-state index in [4.69, 9.17) is 4.42 Å². The van der Waals surface area contributed by atoms with Crippen molar-refractivity contribution in [2.24, 2.45) is 5.10 Å². The van der Waals surface area contributed by atoms with Crippen LogP contribution in [0.2, 0.25) is 0 Å². The fourth-order valence-electron chi connectivity index (χ4n) is 2.50. The van der Waals surface area contributed by atoms with Gasteiger partial charge in [0.1, 0.15) is 16.9 Å². The molecule has 0 fully saturated rings. The summed E-state index contributed by atoms with van der Waals surface area (Å²) in [6.45, 7) is 2.01. The third kappa shape index (κ3) is 2.57. The summed E-state index contributed by atoms with van der Waals surface area (Å²) in [5.74, 6) is 0.653. The van der Waals surface area contributed by atoms with Crippen molar-refractivity contribution in [3.8, 4) is 11.3 Å². The maximum atomic E-state index is 12.8. The Kier molecular flexibility index (Phi) is 3.59. The van der Waals surface area contributed by atoms with Crippen molar-refractivity contribution in [2.75, 3.05) is 0 Å². The molecule has 0 spiro atoms. The Labute approximate surface area is 141 Å². The molecule has 5 nitrogen and oxygen atoms in total. The second-order valence-corrected chi connectivity index (χ2v) is 6.22. The van der Waals surface area contributed by atoms with Gasteiger partial charge in [0, 0.05) is 10.9 Å². The van der Waals surface area contributed by atoms with E-state index in [-0.39, 0.29) is 5.56 Å². The molecule has 0 atom stereocenters. The molecule has 0 aliphatic carbocycles. The highest BCUT2D eigenvalue weighted by atomic mass is 32.1. The molecule has 118 valence electrons. The molecule has 0 aliphatic heterocycles. The minimum absolute atomic E-state index is 0.212. The first-order valence-corrected chi connectivity index (χ1v) is 8.24. The number of hydrogen-bond donors (Lipinski definition) is 0. The van der Waals surface area contributed by atoms with Gasteiger partial charge in [-0.3, -0.25) is 4.79 Å². The van der Waals surface area contributed by atoms with Crippen LogP contribution in [0.3, 0.4) is 0 Å². The second-order valence-electron chi connectivity index (χ2n) is 5.36. The quantitative estimate of drug-likeness (QED) is 0.533. The van der Waals surface area contributed by atoms with Crippen molar-refractivity contribution in [3.05, 3.63) is 75.8 Å². The van der Waals surface area contributed by atoms with Gasteiger partial charge in [-0.05, 0) is 24.6 Å². The molecule has 4 rings (SSSR count). The first kappa shape index (κ1) is 14.6. The van der Waals surface area contributed by atoms with Gasteiger partial charge >= 0.3 is 0 Å². The van der Waals surface area contributed by atoms with Crippen molar-refractivity contribution in [1.82, 2.24) is 9.66 Å². The first-order chi connectivity index (χ1) is 11.7. The maximum absolute atomic E-state index is 12.8. The molecule has 0 aliphatic rings. The molecule has 24 heavy (non-hydrogen) atoms. The SMILES string of the molecule is Cc1cccc(/C=N\n2cnc3scc(-c4ccco4)c3c2=O)c1. The lowest BCUT2D eigenvalue weighted by Crippen LogP contribution is -2.16. The fraction of sp³-hybridized carbons (Fsp3) is 0.0556. The van der Waals surface area contributed by atoms with E-state index in [9.17, 15) is 4.79 Å². The normalized spacial score (nSPS) is 11.5. The summed E-state index contributed by atoms with van der Waals surface area (Å²) >= 11 is 1.42. The number of rotatable bonds is 3. The first-order valence-electron chi connectivity index (χ1n) is 7.36. The largest absolute Gasteiger partial charge is 0.464 e. The Morgan fingerprint density at radius 3 is 3.00 bits per heavy atom. The number of thiophene rings is 1. The Hall–Kier alpha value is -2.99. The monoisotopic (exact) mass is 335 g/mol. The lowest BCUT2D eigenvalue weighted by molar-refractivity contribution is 0.583. The van der Waals surface area contributed by atoms with Crippen LogP contribution in [0.25, 0.3) is 21.5 Å². The average Bonchev–Trinajstić information content (AvgIpc) is 3.23. The molecule has 4 aromatic rings. The maximum Gasteiger partial charge on any atom is 0.283 e. The van der Waals surface area contributed by atoms with Gasteiger partial charge in [-0.1, -0.05) is 29.8 Å². The molecule has 0 saturated carbocycles. The summed E-state index contributed by atoms with van der Waals surface area (Å²) in [4.78, 5) is 17.8. The van der Waals surface area contributed by atoms with E-state index in [0.717, 1.165) is 16.7 Å². The van der Waals surface area contributed by atoms with Crippen molar-refractivity contribution in [3.63, 3.8) is 0 Å². The van der Waals surface area contributed by atoms with Crippen molar-refractivity contribution < 1.29 is 4.42 Å². The van der Waals surface area contributed by atoms with E-state index in [1.54, 1.807) is 18.5 Å². The Balaban J connectivity index is 1.81. The smallest absolute Gasteiger partial charge is 0.283 e. The minimum atomic E-state index is -0.212. The molecule has 1 aromatic carbocycles. The molecule has 0 radical (unpaired) electrons. The summed E-state index contributed by atoms with van der Waals surface area (Å²) in [5, 5.41) is 6.67. The minimum Gasteiger partial charge on any atom is -0.464 e. The number of aryl methyl sites for hydroxylation is 1. The number of hydrogen-bond acceptors (Lipinski definition) is 5. The molecule has 0 N–H and O–H groups in total. The molecular weight excluding hydrogens is 322 g/mol. The molecule has 3 aromatic heterocycles. The number of nitrogens with zero attached hydrogens (tertiary/aromatic N) is 3. The molecule has 0 unspecified atom stereocenters. The van der Waals surface area contributed by atoms with Crippen LogP contribution in [0.15, 0.2) is 68.7 Å². The zero-order valence-electron chi connectivity index (χ0n) is 12.8. The summed E-state index contributed by atoms with van der Waals surface area (Å²) < 4.78 is 6.67. The highest BCUT2D eigenvalue weighted by molar-refractivity contribution is 7.17. The van der Waals surface area contributed by atoms with Crippen LogP contribution in [0, 0.1) is 6.92 Å². The molecular formula is C18H13N3O2S. The zero-order chi connectivity index (χ0) is 16.5. The Bertz CT molecular complexity index is 1090. The average molecular weight is 335 g/mol. The molecule has 6 heteroatoms. The van der Waals surface area contributed by atoms with E-state index in [2.05, 4.69) is 10.1 Å². The fourth-order valence-corrected chi connectivity index (χ4v) is 3.38. The van der Waals surface area contributed by atoms with Crippen LogP contribution in [0.1, 0.15) is 11.1 Å². The van der Waals surface area contributed by atoms with Gasteiger partial charge in [0.05, 0.1) is 17.9 Å². The van der Waals surface area contributed by atoms with E-state index in [1.807, 2.05) is 42.6 Å². The van der Waals surface area contributed by atoms with Gasteiger partial charge in [-0.25, -0.2) is 4.98 Å². The van der Waals surface area contributed by atoms with Gasteiger partial charge in [-0.2, -0.15) is 9.78 Å². The number of aromatic nitrogens is 2. The standard InChI is InChI=1S/C18H13N3O2S/c1-12-4-2-5-13(8-12)9-20-21-11-19-17-16(18(21)22)14(10-24-17)15-6-3-7-23-15/h2-11H,1H3/b20-9-. The molecule has 0 saturated heterocycles. The van der Waals surface area contributed by atoms with Crippen molar-refractivity contribution >= 4 is 27.8 Å². The summed E-state index contributed by atoms with van der Waals surface area (Å²) in [7, 11) is 0. The van der Waals surface area contributed by atoms with Crippen molar-refractivity contribution in [1.29, 1.82) is 0 Å². The molecule has 3 heterocycles. The summed E-state index contributed by atoms with van der Waals surface area (Å²) in [6, 6.07) is 11.5. The van der Waals surface area contributed by atoms with Gasteiger partial charge in [0.15, 0.2) is 0 Å². The van der Waals surface area contributed by atoms with Crippen molar-refractivity contribution in [2.45, 2.75) is 6.92 Å². The van der Waals surface area contributed by atoms with Gasteiger partial charge in [0.2, 0.25) is 0 Å². The molecule has 0 amide bonds. The summed E-state index contributed by atoms with van der Waals surface area (Å²) in [5.41, 5.74) is 2.60. The highest BCUT2D eigenvalue weighted by Gasteiger charge is 2.14. The van der Waals surface area contributed by atoms with Crippen LogP contribution in [-0.2, 0) is 0 Å². The summed E-state index contributed by atoms with van der Waals surface area (Å²) in [6.07, 6.45) is 4.68. The van der Waals surface area contributed by atoms with E-state index >= 15 is 0 Å². The van der Waals surface area contributed by atoms with Crippen LogP contribution in [-0.4, -0.2) is 15.9 Å². The topological polar surface area (TPSA) is 60.4 Å². The Morgan fingerprint density at radius 1 is 1.29 bits per heavy atom. The third-order valence-corrected chi connectivity index (χ3v) is 4.52. The predicted octanol–water partition coefficient (Wildman–Crippen LogP) is 3.91. The van der Waals surface area contributed by atoms with Gasteiger partial charge in [0.25, 0.3) is 5.56 Å². The van der Waals surface area contributed by atoms with E-state index in [1.165, 1.54) is 22.3 Å². The van der Waals surface area contributed by atoms with Crippen LogP contribution in [0.5, 0.6) is 0 Å². The lowest BCUT2D eigenvalue weighted by Gasteiger charge is -2.00. The van der Waals surface area contributed by atoms with Crippen LogP contribution in [0.4, 0.5) is 0 Å². The third-order valence-electron chi connectivity index (χ3n) is 3.64. The predicted molar refractivity (Wildman–Crippen MR) is 95.8 cm³/mol. The van der Waals surface area contributed by atoms with Gasteiger partial charge < -0.3 is 4.42 Å². The van der Waals surface area contributed by atoms with E-state index in [0.29, 0.717) is 16.0 Å². The molecule has 0 bridgehead atoms. The number of fused-ring (bicyclic) bond motifs is 1. The van der Waals surface area contributed by atoms with E-state index < -0.39 is 0 Å². The zero-order valence-corrected chi connectivity index (χ0v) is 13.7. The number of furan rings is 1. The Morgan fingerprint density at radius 2 is 2.21 bits per heavy atom. The van der Waals surface area contributed by atoms with Crippen LogP contribution >= 0.6 is 11.3 Å². The van der Waals surface area contributed by atoms with Crippen LogP contribution < -0.4 is 5.56 Å². The lowest BCUT2D eigenvalue weighted by atomic mass is 10.2. The number of benzene rings is 1. The highest BCUT2D eigenvalue weighted by Crippen LogP contribution is 2.30. The second kappa shape index (κ2) is 5.90. The van der Waals surface area contributed by atoms with Gasteiger partial charge in [-0.15, -0.1) is 11.3 Å².